The summed E-state index contributed by atoms with van der Waals surface area (Å²) in [6, 6.07) is 14.2. The van der Waals surface area contributed by atoms with Crippen LogP contribution in [-0.4, -0.2) is 165 Å². The Bertz CT molecular complexity index is 3770. The quantitative estimate of drug-likeness (QED) is 0.0506. The molecule has 0 spiro atoms. The number of fused-ring (bicyclic) bond motifs is 4. The van der Waals surface area contributed by atoms with Crippen LogP contribution in [0.25, 0.3) is 43.4 Å². The molecular weight excluding hydrogens is 1160 g/mol. The van der Waals surface area contributed by atoms with Gasteiger partial charge >= 0.3 is 12.1 Å². The number of rotatable bonds is 19. The number of piperidine rings is 2. The topological polar surface area (TPSA) is 225 Å². The number of aryl methyl sites for hydroxylation is 1. The minimum Gasteiger partial charge on any atom is -0.468 e. The summed E-state index contributed by atoms with van der Waals surface area (Å²) >= 11 is 1.59. The highest BCUT2D eigenvalue weighted by Crippen LogP contribution is 2.42. The van der Waals surface area contributed by atoms with Crippen molar-refractivity contribution in [3.05, 3.63) is 101 Å². The third-order valence-electron chi connectivity index (χ3n) is 18.8. The Morgan fingerprint density at radius 3 is 2.30 bits per heavy atom. The van der Waals surface area contributed by atoms with E-state index in [1.165, 1.54) is 29.2 Å². The molecule has 3 amide bonds. The fourth-order valence-corrected chi connectivity index (χ4v) is 14.9. The second-order valence-corrected chi connectivity index (χ2v) is 25.7. The van der Waals surface area contributed by atoms with E-state index in [4.69, 9.17) is 30.1 Å². The molecule has 9 heterocycles. The van der Waals surface area contributed by atoms with E-state index in [9.17, 15) is 24.6 Å². The third kappa shape index (κ3) is 12.7. The number of anilines is 2. The van der Waals surface area contributed by atoms with Gasteiger partial charge in [-0.25, -0.2) is 18.6 Å². The highest BCUT2D eigenvalue weighted by Gasteiger charge is 2.45. The fraction of sp³-hybridized carbons (Fsp3) is 0.485. The lowest BCUT2D eigenvalue weighted by Gasteiger charge is -2.40. The molecule has 12 rings (SSSR count). The molecule has 5 fully saturated rings. The summed E-state index contributed by atoms with van der Waals surface area (Å²) in [4.78, 5) is 69.8. The van der Waals surface area contributed by atoms with Gasteiger partial charge in [0.15, 0.2) is 24.2 Å². The monoisotopic (exact) mass is 1240 g/mol. The van der Waals surface area contributed by atoms with Gasteiger partial charge in [-0.05, 0) is 124 Å². The molecule has 20 nitrogen and oxygen atoms in total. The molecule has 2 bridgehead atoms. The number of terminal acetylenes is 1. The maximum Gasteiger partial charge on any atom is 0.407 e. The SMILES string of the molecule is C#Cc1c(F)ccc2cc(OCOC)cc(-c3ncc4c(N5C[C@H]6CC[C@@H](C5)N6C(=O)O)nc(OCCN5CCC(CC6CCN(c7cc([C@H](C(=O)N8C[C@H](O)C[C@H]8C(=O)N[C@@H](C)c8ccc(-c9scnc9C)cc8)C(C)C)on7)CC6)CC5)nc4c3F)c12. The number of hydrogen-bond donors (Lipinski definition) is 3. The number of piperazine rings is 1. The highest BCUT2D eigenvalue weighted by molar-refractivity contribution is 7.13. The largest absolute Gasteiger partial charge is 0.468 e. The molecule has 5 aliphatic heterocycles. The van der Waals surface area contributed by atoms with Crippen molar-refractivity contribution in [3.63, 3.8) is 0 Å². The summed E-state index contributed by atoms with van der Waals surface area (Å²) in [5.74, 6) is 2.51. The van der Waals surface area contributed by atoms with Gasteiger partial charge in [-0.2, -0.15) is 9.97 Å². The van der Waals surface area contributed by atoms with Crippen molar-refractivity contribution in [1.82, 2.24) is 45.1 Å². The summed E-state index contributed by atoms with van der Waals surface area (Å²) in [5, 5.41) is 29.6. The number of halogens is 2. The van der Waals surface area contributed by atoms with E-state index < -0.39 is 35.8 Å². The number of β-amino-alcohol motifs (C(OH)–C–C–N with tert-alkyl or cyclic N) is 1. The van der Waals surface area contributed by atoms with Crippen LogP contribution >= 0.6 is 11.3 Å². The van der Waals surface area contributed by atoms with Gasteiger partial charge in [0.25, 0.3) is 0 Å². The van der Waals surface area contributed by atoms with E-state index in [2.05, 4.69) is 41.1 Å². The van der Waals surface area contributed by atoms with Crippen molar-refractivity contribution in [2.45, 2.75) is 115 Å². The molecular formula is C66H75F2N11O9S. The third-order valence-corrected chi connectivity index (χ3v) is 19.8. The van der Waals surface area contributed by atoms with E-state index in [-0.39, 0.29) is 96.0 Å². The smallest absolute Gasteiger partial charge is 0.407 e. The van der Waals surface area contributed by atoms with Crippen molar-refractivity contribution in [3.8, 4) is 45.8 Å². The van der Waals surface area contributed by atoms with Crippen molar-refractivity contribution in [2.75, 3.05) is 82.7 Å². The molecule has 468 valence electrons. The number of methoxy groups -OCH3 is 1. The number of ether oxygens (including phenoxy) is 3. The van der Waals surface area contributed by atoms with Gasteiger partial charge in [-0.1, -0.05) is 55.3 Å². The zero-order chi connectivity index (χ0) is 62.2. The standard InChI is InChI=1S/C66H75F2N11O9S/c1-7-49-52(67)15-12-44-27-48(87-36-85-6)29-50(57(44)49)59-58(68)60-51(31-69-59)62(77-32-45-13-14-46(33-77)79(45)66(83)84)73-65(72-60)86-25-24-75-20-16-40(17-21-75)26-41-18-22-76(23-19-41)55-30-54(88-74-55)56(37(2)3)64(82)78-34-47(80)28-53(78)63(81)71-38(4)42-8-10-43(11-9-42)61-39(5)70-35-89-61/h1,8-12,15,27,29-31,35,37-38,40-41,45-47,53,56,80H,13-14,16-26,28,32-34,36H2,2-6H3,(H,71,81)(H,83,84)/t38-,45-,46+,47+,53-,56+/m0/s1. The lowest BCUT2D eigenvalue weighted by atomic mass is 9.83. The van der Waals surface area contributed by atoms with E-state index >= 15 is 8.78 Å². The van der Waals surface area contributed by atoms with E-state index in [0.717, 1.165) is 80.0 Å². The minimum atomic E-state index is -0.969. The number of carbonyl (C=O) groups excluding carboxylic acids is 2. The first-order valence-electron chi connectivity index (χ1n) is 30.9. The average molecular weight is 1240 g/mol. The first kappa shape index (κ1) is 61.2. The zero-order valence-corrected chi connectivity index (χ0v) is 51.6. The number of hydrogen-bond acceptors (Lipinski definition) is 17. The van der Waals surface area contributed by atoms with Crippen LogP contribution in [0.4, 0.5) is 25.2 Å². The number of thiazole rings is 1. The molecule has 0 saturated carbocycles. The Kier molecular flexibility index (Phi) is 18.0. The number of benzene rings is 3. The first-order chi connectivity index (χ1) is 43.0. The predicted octanol–water partition coefficient (Wildman–Crippen LogP) is 9.81. The molecule has 5 aliphatic rings. The second-order valence-electron chi connectivity index (χ2n) is 24.8. The summed E-state index contributed by atoms with van der Waals surface area (Å²) in [6.07, 6.45) is 12.3. The lowest BCUT2D eigenvalue weighted by molar-refractivity contribution is -0.141. The van der Waals surface area contributed by atoms with Crippen molar-refractivity contribution >= 4 is 62.6 Å². The number of likely N-dealkylation sites (tertiary alicyclic amines) is 2. The Morgan fingerprint density at radius 2 is 1.63 bits per heavy atom. The van der Waals surface area contributed by atoms with Crippen molar-refractivity contribution in [2.24, 2.45) is 17.8 Å². The van der Waals surface area contributed by atoms with Gasteiger partial charge in [0, 0.05) is 76.0 Å². The number of pyridine rings is 1. The van der Waals surface area contributed by atoms with Gasteiger partial charge in [-0.3, -0.25) is 24.4 Å². The zero-order valence-electron chi connectivity index (χ0n) is 50.7. The van der Waals surface area contributed by atoms with Crippen LogP contribution in [0, 0.1) is 48.7 Å². The minimum absolute atomic E-state index is 0.0324. The molecule has 5 saturated heterocycles. The molecule has 0 unspecified atom stereocenters. The van der Waals surface area contributed by atoms with Gasteiger partial charge in [0.05, 0.1) is 51.3 Å². The Labute approximate surface area is 519 Å². The molecule has 0 aliphatic carbocycles. The van der Waals surface area contributed by atoms with Gasteiger partial charge in [0.1, 0.15) is 47.2 Å². The predicted molar refractivity (Wildman–Crippen MR) is 333 cm³/mol. The van der Waals surface area contributed by atoms with E-state index in [1.54, 1.807) is 29.5 Å². The lowest BCUT2D eigenvalue weighted by Crippen LogP contribution is -2.55. The Balaban J connectivity index is 0.656. The van der Waals surface area contributed by atoms with Crippen LogP contribution in [0.15, 0.2) is 70.8 Å². The number of aliphatic hydroxyl groups excluding tert-OH is 1. The molecule has 6 atom stereocenters. The van der Waals surface area contributed by atoms with E-state index in [0.29, 0.717) is 78.2 Å². The molecule has 3 N–H and O–H groups in total. The number of aromatic nitrogens is 5. The van der Waals surface area contributed by atoms with E-state index in [1.807, 2.05) is 68.4 Å². The summed E-state index contributed by atoms with van der Waals surface area (Å²) in [5.41, 5.74) is 4.73. The molecule has 3 aromatic carbocycles. The maximum atomic E-state index is 17.5. The van der Waals surface area contributed by atoms with Gasteiger partial charge in [0.2, 0.25) is 11.8 Å². The molecule has 0 radical (unpaired) electrons. The van der Waals surface area contributed by atoms with Crippen molar-refractivity contribution < 1.29 is 52.1 Å². The number of aliphatic hydroxyl groups is 1. The van der Waals surface area contributed by atoms with Crippen LogP contribution in [0.2, 0.25) is 0 Å². The summed E-state index contributed by atoms with van der Waals surface area (Å²) < 4.78 is 56.0. The van der Waals surface area contributed by atoms with Crippen LogP contribution in [-0.2, 0) is 14.3 Å². The summed E-state index contributed by atoms with van der Waals surface area (Å²) in [7, 11) is 1.48. The molecule has 7 aromatic rings. The first-order valence-corrected chi connectivity index (χ1v) is 31.7. The number of amides is 3. The number of nitrogens with zero attached hydrogens (tertiary/aromatic N) is 10. The van der Waals surface area contributed by atoms with Crippen LogP contribution < -0.4 is 24.6 Å². The molecule has 4 aromatic heterocycles. The van der Waals surface area contributed by atoms with Crippen LogP contribution in [0.5, 0.6) is 11.8 Å². The van der Waals surface area contributed by atoms with Gasteiger partial charge in [-0.15, -0.1) is 17.8 Å². The molecule has 23 heteroatoms. The van der Waals surface area contributed by atoms with Gasteiger partial charge < -0.3 is 49.0 Å². The fourth-order valence-electron chi connectivity index (χ4n) is 14.1. The summed E-state index contributed by atoms with van der Waals surface area (Å²) in [6.45, 7) is 12.7. The van der Waals surface area contributed by atoms with Crippen LogP contribution in [0.1, 0.15) is 107 Å². The maximum absolute atomic E-state index is 17.5. The highest BCUT2D eigenvalue weighted by atomic mass is 32.1. The Morgan fingerprint density at radius 1 is 0.899 bits per heavy atom. The average Bonchev–Trinajstić information content (AvgIpc) is 1.09. The normalized spacial score (nSPS) is 20.8. The second kappa shape index (κ2) is 26.2. The van der Waals surface area contributed by atoms with Crippen molar-refractivity contribution in [1.29, 1.82) is 0 Å². The number of carbonyl (C=O) groups is 3. The van der Waals surface area contributed by atoms with Crippen LogP contribution in [0.3, 0.4) is 0 Å². The number of carboxylic acid groups (broad SMARTS) is 1. The molecule has 89 heavy (non-hydrogen) atoms. The Hall–Kier alpha value is -8.04. The number of nitrogens with one attached hydrogen (secondary N) is 1.